The average molecular weight is 513 g/mol. The van der Waals surface area contributed by atoms with Crippen LogP contribution in [-0.4, -0.2) is 58.5 Å². The number of hydrogen-bond acceptors (Lipinski definition) is 5. The predicted octanol–water partition coefficient (Wildman–Crippen LogP) is 4.84. The molecule has 1 saturated carbocycles. The van der Waals surface area contributed by atoms with E-state index in [4.69, 9.17) is 4.74 Å². The van der Waals surface area contributed by atoms with Crippen LogP contribution >= 0.6 is 0 Å². The number of carboxylic acids is 1. The van der Waals surface area contributed by atoms with Gasteiger partial charge in [0.05, 0.1) is 23.9 Å². The van der Waals surface area contributed by atoms with Gasteiger partial charge in [0, 0.05) is 36.4 Å². The Morgan fingerprint density at radius 1 is 1.14 bits per heavy atom. The van der Waals surface area contributed by atoms with Crippen molar-refractivity contribution in [3.63, 3.8) is 0 Å². The molecule has 1 aliphatic heterocycles. The number of hydrogen-bond donors (Lipinski definition) is 2. The van der Waals surface area contributed by atoms with Crippen molar-refractivity contribution in [2.24, 2.45) is 5.92 Å². The number of likely N-dealkylation sites (tertiary alicyclic amines) is 1. The van der Waals surface area contributed by atoms with Crippen molar-refractivity contribution < 1.29 is 37.7 Å². The molecule has 0 spiro atoms. The minimum Gasteiger partial charge on any atom is -0.489 e. The summed E-state index contributed by atoms with van der Waals surface area (Å²) in [5, 5.41) is 10.4. The number of carbonyl (C=O) groups excluding carboxylic acids is 2. The van der Waals surface area contributed by atoms with Crippen molar-refractivity contribution in [1.82, 2.24) is 9.88 Å². The van der Waals surface area contributed by atoms with Crippen LogP contribution in [0.15, 0.2) is 42.6 Å². The second-order valence-corrected chi connectivity index (χ2v) is 9.59. The molecule has 3 aromatic rings. The molecule has 1 saturated heterocycles. The SMILES string of the molecule is CC(=O)N1CC(c2ccc(OC(F)F)c(OCC3CC3)c2)C[C@@H]1C(=O)c1[nH]cc2cc(C(=O)O)ccc12. The van der Waals surface area contributed by atoms with Crippen LogP contribution in [0.4, 0.5) is 8.78 Å². The van der Waals surface area contributed by atoms with Crippen LogP contribution in [0.1, 0.15) is 58.5 Å². The van der Waals surface area contributed by atoms with E-state index < -0.39 is 18.6 Å². The minimum atomic E-state index is -2.99. The van der Waals surface area contributed by atoms with Gasteiger partial charge in [-0.2, -0.15) is 8.78 Å². The van der Waals surface area contributed by atoms with E-state index in [0.717, 1.165) is 18.4 Å². The summed E-state index contributed by atoms with van der Waals surface area (Å²) in [6.45, 7) is -0.890. The first kappa shape index (κ1) is 24.7. The predicted molar refractivity (Wildman–Crippen MR) is 129 cm³/mol. The number of fused-ring (bicyclic) bond motifs is 1. The number of benzene rings is 2. The van der Waals surface area contributed by atoms with Gasteiger partial charge in [-0.1, -0.05) is 12.1 Å². The Kier molecular flexibility index (Phi) is 6.57. The molecule has 10 heteroatoms. The van der Waals surface area contributed by atoms with Crippen LogP contribution in [0.5, 0.6) is 11.5 Å². The number of amides is 1. The van der Waals surface area contributed by atoms with Gasteiger partial charge in [-0.3, -0.25) is 9.59 Å². The first-order chi connectivity index (χ1) is 17.7. The summed E-state index contributed by atoms with van der Waals surface area (Å²) in [6.07, 6.45) is 3.99. The lowest BCUT2D eigenvalue weighted by atomic mass is 9.93. The molecule has 2 atom stereocenters. The van der Waals surface area contributed by atoms with Crippen molar-refractivity contribution in [1.29, 1.82) is 0 Å². The number of rotatable bonds is 9. The van der Waals surface area contributed by atoms with E-state index in [9.17, 15) is 28.3 Å². The van der Waals surface area contributed by atoms with Crippen molar-refractivity contribution in [2.75, 3.05) is 13.2 Å². The van der Waals surface area contributed by atoms with Crippen LogP contribution in [0.3, 0.4) is 0 Å². The molecule has 194 valence electrons. The molecule has 1 amide bonds. The third kappa shape index (κ3) is 5.14. The Balaban J connectivity index is 1.41. The highest BCUT2D eigenvalue weighted by atomic mass is 19.3. The van der Waals surface area contributed by atoms with Crippen LogP contribution in [0.25, 0.3) is 10.8 Å². The number of ketones is 1. The average Bonchev–Trinajstić information content (AvgIpc) is 3.42. The zero-order valence-electron chi connectivity index (χ0n) is 20.1. The normalized spacial score (nSPS) is 19.4. The maximum absolute atomic E-state index is 13.6. The molecule has 2 heterocycles. The molecule has 8 nitrogen and oxygen atoms in total. The zero-order chi connectivity index (χ0) is 26.3. The Morgan fingerprint density at radius 2 is 1.92 bits per heavy atom. The number of alkyl halides is 2. The lowest BCUT2D eigenvalue weighted by molar-refractivity contribution is -0.129. The lowest BCUT2D eigenvalue weighted by Gasteiger charge is -2.21. The van der Waals surface area contributed by atoms with Crippen LogP contribution in [0.2, 0.25) is 0 Å². The van der Waals surface area contributed by atoms with Gasteiger partial charge in [0.15, 0.2) is 11.5 Å². The molecule has 2 N–H and O–H groups in total. The highest BCUT2D eigenvalue weighted by molar-refractivity contribution is 6.11. The van der Waals surface area contributed by atoms with Gasteiger partial charge >= 0.3 is 12.6 Å². The third-order valence-electron chi connectivity index (χ3n) is 7.02. The molecule has 1 unspecified atom stereocenters. The number of halogens is 2. The lowest BCUT2D eigenvalue weighted by Crippen LogP contribution is -2.39. The Bertz CT molecular complexity index is 1370. The van der Waals surface area contributed by atoms with E-state index in [1.165, 1.54) is 30.0 Å². The Labute approximate surface area is 211 Å². The monoisotopic (exact) mass is 512 g/mol. The van der Waals surface area contributed by atoms with Crippen molar-refractivity contribution >= 4 is 28.4 Å². The number of H-pyrrole nitrogens is 1. The number of carboxylic acid groups (broad SMARTS) is 1. The molecular formula is C27H26F2N2O6. The number of ether oxygens (including phenoxy) is 2. The van der Waals surface area contributed by atoms with Gasteiger partial charge in [0.2, 0.25) is 11.7 Å². The maximum atomic E-state index is 13.6. The van der Waals surface area contributed by atoms with Gasteiger partial charge in [-0.25, -0.2) is 4.79 Å². The maximum Gasteiger partial charge on any atom is 0.387 e. The second-order valence-electron chi connectivity index (χ2n) is 9.59. The van der Waals surface area contributed by atoms with E-state index in [-0.39, 0.29) is 41.2 Å². The summed E-state index contributed by atoms with van der Waals surface area (Å²) < 4.78 is 36.2. The van der Waals surface area contributed by atoms with Gasteiger partial charge in [0.25, 0.3) is 0 Å². The molecule has 2 aliphatic rings. The molecular weight excluding hydrogens is 486 g/mol. The fourth-order valence-corrected chi connectivity index (χ4v) is 4.89. The van der Waals surface area contributed by atoms with E-state index in [0.29, 0.717) is 35.4 Å². The molecule has 1 aliphatic carbocycles. The largest absolute Gasteiger partial charge is 0.489 e. The number of aromatic amines is 1. The van der Waals surface area contributed by atoms with Crippen LogP contribution in [-0.2, 0) is 4.79 Å². The van der Waals surface area contributed by atoms with Crippen molar-refractivity contribution in [3.8, 4) is 11.5 Å². The van der Waals surface area contributed by atoms with E-state index in [1.54, 1.807) is 24.4 Å². The van der Waals surface area contributed by atoms with E-state index in [1.807, 2.05) is 0 Å². The summed E-state index contributed by atoms with van der Waals surface area (Å²) in [6, 6.07) is 8.52. The summed E-state index contributed by atoms with van der Waals surface area (Å²) in [7, 11) is 0. The first-order valence-corrected chi connectivity index (χ1v) is 12.1. The number of Topliss-reactive ketones (excluding diaryl/α,β-unsaturated/α-hetero) is 1. The fourth-order valence-electron chi connectivity index (χ4n) is 4.89. The smallest absolute Gasteiger partial charge is 0.387 e. The van der Waals surface area contributed by atoms with E-state index >= 15 is 0 Å². The van der Waals surface area contributed by atoms with Gasteiger partial charge in [-0.15, -0.1) is 0 Å². The number of carbonyl (C=O) groups is 3. The standard InChI is InChI=1S/C27H26F2N2O6/c1-14(32)31-12-19(16-5-7-22(37-27(28)29)23(10-16)36-13-15-2-3-15)9-21(31)25(33)24-20-6-4-17(26(34)35)8-18(20)11-30-24/h4-8,10-11,15,19,21,27,30H,2-3,9,12-13H2,1H3,(H,34,35)/t19?,21-/m1/s1. The van der Waals surface area contributed by atoms with Gasteiger partial charge in [0.1, 0.15) is 0 Å². The fraction of sp³-hybridized carbons (Fsp3) is 0.370. The number of aromatic carboxylic acids is 1. The molecule has 37 heavy (non-hydrogen) atoms. The summed E-state index contributed by atoms with van der Waals surface area (Å²) in [4.78, 5) is 41.8. The summed E-state index contributed by atoms with van der Waals surface area (Å²) >= 11 is 0. The number of nitrogens with zero attached hydrogens (tertiary/aromatic N) is 1. The molecule has 0 radical (unpaired) electrons. The quantitative estimate of drug-likeness (QED) is 0.397. The Hall–Kier alpha value is -3.95. The highest BCUT2D eigenvalue weighted by Gasteiger charge is 2.40. The van der Waals surface area contributed by atoms with Crippen LogP contribution < -0.4 is 9.47 Å². The van der Waals surface area contributed by atoms with E-state index in [2.05, 4.69) is 9.72 Å². The summed E-state index contributed by atoms with van der Waals surface area (Å²) in [5.41, 5.74) is 1.17. The van der Waals surface area contributed by atoms with Gasteiger partial charge in [-0.05, 0) is 55.0 Å². The highest BCUT2D eigenvalue weighted by Crippen LogP contribution is 2.39. The number of aromatic nitrogens is 1. The summed E-state index contributed by atoms with van der Waals surface area (Å²) in [5.74, 6) is -1.24. The zero-order valence-corrected chi connectivity index (χ0v) is 20.1. The van der Waals surface area contributed by atoms with Crippen molar-refractivity contribution in [2.45, 2.75) is 44.8 Å². The molecule has 2 fully saturated rings. The minimum absolute atomic E-state index is 0.0490. The number of nitrogens with one attached hydrogen (secondary N) is 1. The third-order valence-corrected chi connectivity index (χ3v) is 7.02. The molecule has 5 rings (SSSR count). The molecule has 0 bridgehead atoms. The van der Waals surface area contributed by atoms with Gasteiger partial charge < -0.3 is 24.5 Å². The molecule has 2 aromatic carbocycles. The first-order valence-electron chi connectivity index (χ1n) is 12.1. The van der Waals surface area contributed by atoms with Crippen LogP contribution in [0, 0.1) is 5.92 Å². The molecule has 1 aromatic heterocycles. The second kappa shape index (κ2) is 9.84. The Morgan fingerprint density at radius 3 is 2.59 bits per heavy atom. The van der Waals surface area contributed by atoms with Crippen molar-refractivity contribution in [3.05, 3.63) is 59.4 Å². The topological polar surface area (TPSA) is 109 Å².